The lowest BCUT2D eigenvalue weighted by Gasteiger charge is -2.25. The molecule has 0 aliphatic heterocycles. The minimum atomic E-state index is -0.150. The van der Waals surface area contributed by atoms with Crippen LogP contribution in [-0.4, -0.2) is 35.0 Å². The van der Waals surface area contributed by atoms with E-state index < -0.39 is 0 Å². The molecule has 110 valence electrons. The first-order valence-corrected chi connectivity index (χ1v) is 6.76. The van der Waals surface area contributed by atoms with Crippen LogP contribution in [0, 0.1) is 0 Å². The fourth-order valence-electron chi connectivity index (χ4n) is 2.42. The van der Waals surface area contributed by atoms with Gasteiger partial charge in [-0.2, -0.15) is 0 Å². The van der Waals surface area contributed by atoms with Crippen LogP contribution in [0.4, 0.5) is 5.69 Å². The number of benzene rings is 1. The Morgan fingerprint density at radius 1 is 1.40 bits per heavy atom. The molecule has 0 aliphatic carbocycles. The van der Waals surface area contributed by atoms with Crippen molar-refractivity contribution in [2.75, 3.05) is 26.1 Å². The molecule has 5 heteroatoms. The zero-order valence-corrected chi connectivity index (χ0v) is 12.6. The summed E-state index contributed by atoms with van der Waals surface area (Å²) in [6.45, 7) is 6.77. The number of fused-ring (bicyclic) bond motifs is 1. The van der Waals surface area contributed by atoms with E-state index in [9.17, 15) is 5.11 Å². The molecule has 0 bridgehead atoms. The molecule has 1 unspecified atom stereocenters. The van der Waals surface area contributed by atoms with E-state index in [1.807, 2.05) is 18.2 Å². The Hall–Kier alpha value is -1.59. The maximum atomic E-state index is 9.68. The number of nitrogens with two attached hydrogens (primary N) is 1. The summed E-state index contributed by atoms with van der Waals surface area (Å²) in [5.74, 6) is 0.925. The molecular weight excluding hydrogens is 254 g/mol. The predicted octanol–water partition coefficient (Wildman–Crippen LogP) is 2.10. The Bertz CT molecular complexity index is 599. The van der Waals surface area contributed by atoms with Gasteiger partial charge in [-0.05, 0) is 18.2 Å². The third kappa shape index (κ3) is 2.64. The number of imidazole rings is 1. The molecule has 2 rings (SSSR count). The Morgan fingerprint density at radius 3 is 2.65 bits per heavy atom. The topological polar surface area (TPSA) is 73.3 Å². The second-order valence-electron chi connectivity index (χ2n) is 6.10. The number of anilines is 1. The van der Waals surface area contributed by atoms with E-state index in [0.29, 0.717) is 12.3 Å². The predicted molar refractivity (Wildman–Crippen MR) is 80.8 cm³/mol. The summed E-state index contributed by atoms with van der Waals surface area (Å²) in [4.78, 5) is 4.71. The zero-order valence-electron chi connectivity index (χ0n) is 12.6. The van der Waals surface area contributed by atoms with Gasteiger partial charge in [0.25, 0.3) is 0 Å². The highest BCUT2D eigenvalue weighted by molar-refractivity contribution is 5.80. The molecule has 5 nitrogen and oxygen atoms in total. The van der Waals surface area contributed by atoms with Crippen molar-refractivity contribution in [3.8, 4) is 0 Å². The Labute approximate surface area is 119 Å². The fraction of sp³-hybridized carbons (Fsp3) is 0.533. The molecule has 0 fully saturated rings. The van der Waals surface area contributed by atoms with Crippen LogP contribution in [0.25, 0.3) is 11.0 Å². The molecule has 2 aromatic rings. The molecule has 3 N–H and O–H groups in total. The number of nitrogens with zero attached hydrogens (tertiary/aromatic N) is 2. The smallest absolute Gasteiger partial charge is 0.115 e. The molecule has 1 aromatic heterocycles. The first kappa shape index (κ1) is 14.8. The van der Waals surface area contributed by atoms with Crippen LogP contribution in [0.15, 0.2) is 18.2 Å². The van der Waals surface area contributed by atoms with Gasteiger partial charge < -0.3 is 20.1 Å². The van der Waals surface area contributed by atoms with E-state index in [2.05, 4.69) is 25.3 Å². The van der Waals surface area contributed by atoms with Crippen molar-refractivity contribution in [1.82, 2.24) is 9.55 Å². The largest absolute Gasteiger partial charge is 0.399 e. The van der Waals surface area contributed by atoms with Crippen molar-refractivity contribution in [1.29, 1.82) is 0 Å². The van der Waals surface area contributed by atoms with Gasteiger partial charge in [-0.25, -0.2) is 4.98 Å². The van der Waals surface area contributed by atoms with Crippen LogP contribution in [0.3, 0.4) is 0 Å². The molecular formula is C15H23N3O2. The molecule has 0 saturated carbocycles. The van der Waals surface area contributed by atoms with Gasteiger partial charge in [0.15, 0.2) is 0 Å². The maximum absolute atomic E-state index is 9.68. The number of hydrogen-bond donors (Lipinski definition) is 2. The van der Waals surface area contributed by atoms with E-state index in [1.54, 1.807) is 7.11 Å². The second kappa shape index (κ2) is 5.42. The van der Waals surface area contributed by atoms with Gasteiger partial charge in [0, 0.05) is 18.2 Å². The van der Waals surface area contributed by atoms with Crippen molar-refractivity contribution in [2.24, 2.45) is 0 Å². The highest BCUT2D eigenvalue weighted by Gasteiger charge is 2.26. The molecule has 1 aromatic carbocycles. The average Bonchev–Trinajstić information content (AvgIpc) is 2.74. The summed E-state index contributed by atoms with van der Waals surface area (Å²) in [5.41, 5.74) is 8.22. The SMILES string of the molecule is COCC(CO)n1c(C(C)(C)C)nc2cc(N)ccc21. The lowest BCUT2D eigenvalue weighted by Crippen LogP contribution is -2.26. The Kier molecular flexibility index (Phi) is 4.01. The maximum Gasteiger partial charge on any atom is 0.115 e. The summed E-state index contributed by atoms with van der Waals surface area (Å²) in [6.07, 6.45) is 0. The van der Waals surface area contributed by atoms with Crippen LogP contribution in [-0.2, 0) is 10.2 Å². The lowest BCUT2D eigenvalue weighted by molar-refractivity contribution is 0.113. The van der Waals surface area contributed by atoms with Crippen molar-refractivity contribution >= 4 is 16.7 Å². The van der Waals surface area contributed by atoms with E-state index in [0.717, 1.165) is 16.9 Å². The van der Waals surface area contributed by atoms with Gasteiger partial charge in [0.05, 0.1) is 30.3 Å². The first-order chi connectivity index (χ1) is 9.38. The molecule has 0 radical (unpaired) electrons. The quantitative estimate of drug-likeness (QED) is 0.839. The van der Waals surface area contributed by atoms with Crippen LogP contribution >= 0.6 is 0 Å². The summed E-state index contributed by atoms with van der Waals surface area (Å²) in [6, 6.07) is 5.52. The van der Waals surface area contributed by atoms with Crippen LogP contribution < -0.4 is 5.73 Å². The van der Waals surface area contributed by atoms with Crippen molar-refractivity contribution in [2.45, 2.75) is 32.2 Å². The first-order valence-electron chi connectivity index (χ1n) is 6.76. The summed E-state index contributed by atoms with van der Waals surface area (Å²) >= 11 is 0. The number of aromatic nitrogens is 2. The van der Waals surface area contributed by atoms with Gasteiger partial charge in [0.1, 0.15) is 5.82 Å². The number of aliphatic hydroxyl groups excluding tert-OH is 1. The number of ether oxygens (including phenoxy) is 1. The molecule has 0 spiro atoms. The molecule has 0 amide bonds. The summed E-state index contributed by atoms with van der Waals surface area (Å²) in [7, 11) is 1.64. The van der Waals surface area contributed by atoms with Crippen LogP contribution in [0.1, 0.15) is 32.6 Å². The molecule has 1 atom stereocenters. The Balaban J connectivity index is 2.70. The van der Waals surface area contributed by atoms with Gasteiger partial charge in [-0.15, -0.1) is 0 Å². The normalized spacial score (nSPS) is 13.8. The van der Waals surface area contributed by atoms with Gasteiger partial charge in [-0.1, -0.05) is 20.8 Å². The molecule has 20 heavy (non-hydrogen) atoms. The minimum absolute atomic E-state index is 0.00670. The van der Waals surface area contributed by atoms with E-state index in [4.69, 9.17) is 15.5 Å². The number of hydrogen-bond acceptors (Lipinski definition) is 4. The van der Waals surface area contributed by atoms with Gasteiger partial charge in [-0.3, -0.25) is 0 Å². The van der Waals surface area contributed by atoms with Gasteiger partial charge >= 0.3 is 0 Å². The number of nitrogen functional groups attached to an aromatic ring is 1. The van der Waals surface area contributed by atoms with E-state index in [1.165, 1.54) is 0 Å². The third-order valence-corrected chi connectivity index (χ3v) is 3.32. The lowest BCUT2D eigenvalue weighted by atomic mass is 9.95. The van der Waals surface area contributed by atoms with Crippen LogP contribution in [0.5, 0.6) is 0 Å². The number of rotatable bonds is 4. The fourth-order valence-corrected chi connectivity index (χ4v) is 2.42. The van der Waals surface area contributed by atoms with E-state index in [-0.39, 0.29) is 18.1 Å². The molecule has 0 saturated heterocycles. The second-order valence-corrected chi connectivity index (χ2v) is 6.10. The average molecular weight is 277 g/mol. The van der Waals surface area contributed by atoms with E-state index >= 15 is 0 Å². The Morgan fingerprint density at radius 2 is 2.10 bits per heavy atom. The molecule has 1 heterocycles. The van der Waals surface area contributed by atoms with Crippen molar-refractivity contribution in [3.63, 3.8) is 0 Å². The zero-order chi connectivity index (χ0) is 14.9. The van der Waals surface area contributed by atoms with Crippen LogP contribution in [0.2, 0.25) is 0 Å². The monoisotopic (exact) mass is 277 g/mol. The van der Waals surface area contributed by atoms with Crippen molar-refractivity contribution < 1.29 is 9.84 Å². The highest BCUT2D eigenvalue weighted by Crippen LogP contribution is 2.30. The standard InChI is InChI=1S/C15H23N3O2/c1-15(2,3)14-17-12-7-10(16)5-6-13(12)18(14)11(8-19)9-20-4/h5-7,11,19H,8-9,16H2,1-4H3. The summed E-state index contributed by atoms with van der Waals surface area (Å²) in [5, 5.41) is 9.68. The third-order valence-electron chi connectivity index (χ3n) is 3.32. The minimum Gasteiger partial charge on any atom is -0.399 e. The molecule has 0 aliphatic rings. The van der Waals surface area contributed by atoms with Crippen molar-refractivity contribution in [3.05, 3.63) is 24.0 Å². The highest BCUT2D eigenvalue weighted by atomic mass is 16.5. The van der Waals surface area contributed by atoms with Gasteiger partial charge in [0.2, 0.25) is 0 Å². The summed E-state index contributed by atoms with van der Waals surface area (Å²) < 4.78 is 7.29. The number of methoxy groups -OCH3 is 1. The number of aliphatic hydroxyl groups is 1.